The molecule has 2 amide bonds. The summed E-state index contributed by atoms with van der Waals surface area (Å²) in [6, 6.07) is 23.6. The van der Waals surface area contributed by atoms with Gasteiger partial charge in [0.1, 0.15) is 30.1 Å². The number of fused-ring (bicyclic) bond motifs is 1. The molecule has 1 aliphatic rings. The minimum atomic E-state index is -0.654. The number of carbonyl (C=O) groups is 2. The van der Waals surface area contributed by atoms with E-state index in [0.717, 1.165) is 29.5 Å². The number of phenols is 1. The fourth-order valence-electron chi connectivity index (χ4n) is 4.70. The Morgan fingerprint density at radius 1 is 0.905 bits per heavy atom. The van der Waals surface area contributed by atoms with Crippen LogP contribution < -0.4 is 20.1 Å². The molecule has 5 rings (SSSR count). The molecule has 2 atom stereocenters. The summed E-state index contributed by atoms with van der Waals surface area (Å²) in [7, 11) is 0. The molecule has 3 aromatic carbocycles. The van der Waals surface area contributed by atoms with Crippen LogP contribution in [0, 0.1) is 5.92 Å². The van der Waals surface area contributed by atoms with E-state index in [0.29, 0.717) is 37.0 Å². The van der Waals surface area contributed by atoms with Crippen molar-refractivity contribution in [2.75, 3.05) is 23.2 Å². The Morgan fingerprint density at radius 2 is 1.57 bits per heavy atom. The van der Waals surface area contributed by atoms with Gasteiger partial charge in [-0.3, -0.25) is 9.59 Å². The number of para-hydroxylation sites is 1. The van der Waals surface area contributed by atoms with Crippen LogP contribution in [0.5, 0.6) is 11.5 Å². The molecule has 4 aromatic rings. The highest BCUT2D eigenvalue weighted by atomic mass is 16.5. The third-order valence-corrected chi connectivity index (χ3v) is 6.90. The van der Waals surface area contributed by atoms with E-state index in [1.807, 2.05) is 69.4 Å². The van der Waals surface area contributed by atoms with E-state index in [-0.39, 0.29) is 17.6 Å². The van der Waals surface area contributed by atoms with Crippen LogP contribution in [0.15, 0.2) is 85.1 Å². The number of aliphatic hydroxyl groups excluding tert-OH is 1. The average molecular weight is 573 g/mol. The molecule has 4 N–H and O–H groups in total. The quantitative estimate of drug-likeness (QED) is 0.179. The Bertz CT molecular complexity index is 1440. The first-order valence-electron chi connectivity index (χ1n) is 14.4. The lowest BCUT2D eigenvalue weighted by atomic mass is 10.0. The molecule has 1 saturated heterocycles. The van der Waals surface area contributed by atoms with Gasteiger partial charge >= 0.3 is 0 Å². The zero-order chi connectivity index (χ0) is 30.1. The van der Waals surface area contributed by atoms with Gasteiger partial charge in [-0.2, -0.15) is 0 Å². The van der Waals surface area contributed by atoms with Crippen molar-refractivity contribution >= 4 is 34.1 Å². The van der Waals surface area contributed by atoms with Crippen LogP contribution >= 0.6 is 0 Å². The molecular weight excluding hydrogens is 532 g/mol. The minimum Gasteiger partial charge on any atom is -0.508 e. The minimum absolute atomic E-state index is 0.116. The fraction of sp³-hybridized carbons (Fsp3) is 0.333. The number of aromatic hydroxyl groups is 1. The van der Waals surface area contributed by atoms with Gasteiger partial charge in [0.25, 0.3) is 11.8 Å². The number of aliphatic hydroxyl groups is 1. The molecule has 0 bridgehead atoms. The Hall–Kier alpha value is -4.34. The van der Waals surface area contributed by atoms with Crippen LogP contribution in [-0.2, 0) is 9.59 Å². The summed E-state index contributed by atoms with van der Waals surface area (Å²) < 4.78 is 5.66. The largest absolute Gasteiger partial charge is 0.508 e. The number of benzene rings is 3. The van der Waals surface area contributed by atoms with E-state index in [1.54, 1.807) is 24.3 Å². The number of H-pyrrole nitrogens is 1. The summed E-state index contributed by atoms with van der Waals surface area (Å²) in [5.41, 5.74) is 2.26. The lowest BCUT2D eigenvalue weighted by Crippen LogP contribution is -2.41. The first-order valence-corrected chi connectivity index (χ1v) is 14.4. The maximum absolute atomic E-state index is 12.9. The molecule has 222 valence electrons. The van der Waals surface area contributed by atoms with E-state index in [1.165, 1.54) is 22.2 Å². The monoisotopic (exact) mass is 572 g/mol. The van der Waals surface area contributed by atoms with E-state index < -0.39 is 12.0 Å². The van der Waals surface area contributed by atoms with E-state index in [2.05, 4.69) is 10.3 Å². The maximum atomic E-state index is 12.9. The number of nitrogens with zero attached hydrogens (tertiary/aromatic N) is 2. The molecular formula is C33H40N4O5. The third kappa shape index (κ3) is 7.48. The van der Waals surface area contributed by atoms with Crippen LogP contribution in [0.3, 0.4) is 0 Å². The van der Waals surface area contributed by atoms with Gasteiger partial charge in [0.2, 0.25) is 0 Å². The number of aromatic amines is 1. The summed E-state index contributed by atoms with van der Waals surface area (Å²) in [6.07, 6.45) is 3.69. The van der Waals surface area contributed by atoms with Crippen molar-refractivity contribution in [3.8, 4) is 11.5 Å². The Balaban J connectivity index is 0.000000201. The van der Waals surface area contributed by atoms with Crippen molar-refractivity contribution in [2.24, 2.45) is 5.92 Å². The smallest absolute Gasteiger partial charge is 0.258 e. The number of hydrogen-bond acceptors (Lipinski definition) is 6. The topological polar surface area (TPSA) is 118 Å². The first kappa shape index (κ1) is 30.6. The Labute approximate surface area is 246 Å². The molecule has 0 spiro atoms. The predicted molar refractivity (Wildman–Crippen MR) is 165 cm³/mol. The van der Waals surface area contributed by atoms with Gasteiger partial charge in [-0.15, -0.1) is 0 Å². The van der Waals surface area contributed by atoms with Crippen LogP contribution in [0.4, 0.5) is 11.4 Å². The van der Waals surface area contributed by atoms with Crippen LogP contribution in [0.2, 0.25) is 0 Å². The van der Waals surface area contributed by atoms with Crippen LogP contribution in [0.1, 0.15) is 40.0 Å². The van der Waals surface area contributed by atoms with Gasteiger partial charge in [0, 0.05) is 29.7 Å². The number of nitrogens with one attached hydrogen (secondary N) is 2. The number of anilines is 2. The van der Waals surface area contributed by atoms with Crippen molar-refractivity contribution in [1.82, 2.24) is 10.3 Å². The van der Waals surface area contributed by atoms with Gasteiger partial charge in [-0.05, 0) is 61.0 Å². The number of rotatable bonds is 11. The molecule has 42 heavy (non-hydrogen) atoms. The van der Waals surface area contributed by atoms with E-state index >= 15 is 0 Å². The summed E-state index contributed by atoms with van der Waals surface area (Å²) >= 11 is 0. The number of phenolic OH excluding ortho intramolecular Hbond substituents is 1. The lowest BCUT2D eigenvalue weighted by Gasteiger charge is -2.27. The molecule has 1 aliphatic heterocycles. The van der Waals surface area contributed by atoms with Crippen molar-refractivity contribution in [3.63, 3.8) is 0 Å². The standard InChI is InChI=1S/C19H20N2O3.C14H20N2O2/c1-2-3-9-17-18(23)20(14-7-5-4-6-8-14)21(19(17)24)15-10-12-16(22)13-11-15;1-10(2)16-8-11(17)9-18-14-5-3-4-13-12(14)6-7-15-13/h4-8,10-13,17,22H,2-3,9H2,1H3;3-7,10-11,15-17H,8-9H2,1-2H3. The second-order valence-electron chi connectivity index (χ2n) is 10.6. The molecule has 1 fully saturated rings. The van der Waals surface area contributed by atoms with Crippen LogP contribution in [0.25, 0.3) is 10.9 Å². The molecule has 0 aliphatic carbocycles. The number of carbonyl (C=O) groups excluding carboxylic acids is 2. The van der Waals surface area contributed by atoms with Gasteiger partial charge in [0.15, 0.2) is 0 Å². The van der Waals surface area contributed by atoms with Crippen molar-refractivity contribution < 1.29 is 24.5 Å². The molecule has 2 unspecified atom stereocenters. The zero-order valence-corrected chi connectivity index (χ0v) is 24.4. The molecule has 1 aromatic heterocycles. The SMILES string of the molecule is CC(C)NCC(O)COc1cccc2[nH]ccc12.CCCCC1C(=O)N(c2ccccc2)N(c2ccc(O)cc2)C1=O. The Morgan fingerprint density at radius 3 is 2.21 bits per heavy atom. The van der Waals surface area contributed by atoms with Crippen LogP contribution in [-0.4, -0.2) is 52.3 Å². The number of amides is 2. The summed E-state index contributed by atoms with van der Waals surface area (Å²) in [4.78, 5) is 28.9. The zero-order valence-electron chi connectivity index (χ0n) is 24.4. The lowest BCUT2D eigenvalue weighted by molar-refractivity contribution is -0.127. The van der Waals surface area contributed by atoms with Gasteiger partial charge in [-0.1, -0.05) is 57.9 Å². The second-order valence-corrected chi connectivity index (χ2v) is 10.6. The highest BCUT2D eigenvalue weighted by Gasteiger charge is 2.46. The third-order valence-electron chi connectivity index (χ3n) is 6.90. The van der Waals surface area contributed by atoms with E-state index in [9.17, 15) is 19.8 Å². The van der Waals surface area contributed by atoms with Crippen molar-refractivity contribution in [1.29, 1.82) is 0 Å². The molecule has 0 radical (unpaired) electrons. The summed E-state index contributed by atoms with van der Waals surface area (Å²) in [5.74, 6) is -0.155. The van der Waals surface area contributed by atoms with Gasteiger partial charge < -0.3 is 25.3 Å². The normalized spacial score (nSPS) is 15.7. The first-order chi connectivity index (χ1) is 20.3. The number of unbranched alkanes of at least 4 members (excludes halogenated alkanes) is 1. The second kappa shape index (κ2) is 14.5. The molecule has 9 nitrogen and oxygen atoms in total. The maximum Gasteiger partial charge on any atom is 0.258 e. The number of ether oxygens (including phenoxy) is 1. The predicted octanol–water partition coefficient (Wildman–Crippen LogP) is 5.40. The molecule has 9 heteroatoms. The Kier molecular flexibility index (Phi) is 10.6. The number of aromatic nitrogens is 1. The summed E-state index contributed by atoms with van der Waals surface area (Å²) in [6.45, 7) is 6.98. The van der Waals surface area contributed by atoms with Gasteiger partial charge in [-0.25, -0.2) is 10.0 Å². The van der Waals surface area contributed by atoms with E-state index in [4.69, 9.17) is 4.74 Å². The number of hydrogen-bond donors (Lipinski definition) is 4. The molecule has 0 saturated carbocycles. The van der Waals surface area contributed by atoms with Gasteiger partial charge in [0.05, 0.1) is 11.4 Å². The number of hydrazine groups is 1. The van der Waals surface area contributed by atoms with Crippen molar-refractivity contribution in [3.05, 3.63) is 85.1 Å². The van der Waals surface area contributed by atoms with Crippen molar-refractivity contribution in [2.45, 2.75) is 52.2 Å². The highest BCUT2D eigenvalue weighted by Crippen LogP contribution is 2.34. The fourth-order valence-corrected chi connectivity index (χ4v) is 4.70. The highest BCUT2D eigenvalue weighted by molar-refractivity contribution is 6.23. The summed E-state index contributed by atoms with van der Waals surface area (Å²) in [5, 5.41) is 26.3. The average Bonchev–Trinajstić information content (AvgIpc) is 3.57. The molecule has 2 heterocycles.